The third-order valence-corrected chi connectivity index (χ3v) is 1.31. The molecule has 0 aliphatic rings. The molecule has 0 bridgehead atoms. The average molecular weight is 180 g/mol. The van der Waals surface area contributed by atoms with Gasteiger partial charge in [-0.3, -0.25) is 9.78 Å². The molecule has 70 valence electrons. The van der Waals surface area contributed by atoms with Crippen molar-refractivity contribution in [1.82, 2.24) is 9.97 Å². The van der Waals surface area contributed by atoms with Crippen molar-refractivity contribution in [1.29, 1.82) is 0 Å². The van der Waals surface area contributed by atoms with Crippen molar-refractivity contribution in [3.63, 3.8) is 0 Å². The molecule has 0 aliphatic heterocycles. The van der Waals surface area contributed by atoms with E-state index in [2.05, 4.69) is 20.5 Å². The Kier molecular flexibility index (Phi) is 3.19. The van der Waals surface area contributed by atoms with Gasteiger partial charge in [0.05, 0.1) is 0 Å². The van der Waals surface area contributed by atoms with Crippen LogP contribution in [0.5, 0.6) is 0 Å². The highest BCUT2D eigenvalue weighted by molar-refractivity contribution is 5.57. The van der Waals surface area contributed by atoms with E-state index in [9.17, 15) is 4.79 Å². The first-order chi connectivity index (χ1) is 6.22. The maximum atomic E-state index is 11.0. The summed E-state index contributed by atoms with van der Waals surface area (Å²) in [4.78, 5) is 17.5. The van der Waals surface area contributed by atoms with Crippen molar-refractivity contribution in [3.8, 4) is 0 Å². The summed E-state index contributed by atoms with van der Waals surface area (Å²) >= 11 is 0. The van der Waals surface area contributed by atoms with Crippen LogP contribution in [0.1, 0.15) is 19.0 Å². The standard InChI is InChI=1S/C8H12N4O/c1-3-4-9-12-8-10-6(2)5-7(13)11-8/h4-5H,3H2,1-2H3,(H2,10,11,12,13). The molecular weight excluding hydrogens is 168 g/mol. The highest BCUT2D eigenvalue weighted by Crippen LogP contribution is 1.94. The molecule has 0 fully saturated rings. The Balaban J connectivity index is 2.77. The summed E-state index contributed by atoms with van der Waals surface area (Å²) in [6.45, 7) is 3.72. The minimum Gasteiger partial charge on any atom is -0.291 e. The molecule has 0 unspecified atom stereocenters. The zero-order valence-electron chi connectivity index (χ0n) is 7.66. The number of hydrogen-bond acceptors (Lipinski definition) is 4. The lowest BCUT2D eigenvalue weighted by molar-refractivity contribution is 1.04. The van der Waals surface area contributed by atoms with Gasteiger partial charge in [0.1, 0.15) is 0 Å². The SMILES string of the molecule is CCC=NNc1nc(C)cc(=O)[nH]1. The van der Waals surface area contributed by atoms with E-state index >= 15 is 0 Å². The molecule has 5 heteroatoms. The van der Waals surface area contributed by atoms with Crippen molar-refractivity contribution in [2.24, 2.45) is 5.10 Å². The molecule has 1 aromatic rings. The lowest BCUT2D eigenvalue weighted by atomic mass is 10.5. The van der Waals surface area contributed by atoms with E-state index in [0.717, 1.165) is 6.42 Å². The maximum absolute atomic E-state index is 11.0. The number of anilines is 1. The number of aromatic amines is 1. The Hall–Kier alpha value is -1.65. The molecule has 0 spiro atoms. The highest BCUT2D eigenvalue weighted by atomic mass is 16.1. The summed E-state index contributed by atoms with van der Waals surface area (Å²) < 4.78 is 0. The second-order valence-corrected chi connectivity index (χ2v) is 2.57. The van der Waals surface area contributed by atoms with Crippen LogP contribution in [0.25, 0.3) is 0 Å². The Morgan fingerprint density at radius 3 is 3.15 bits per heavy atom. The summed E-state index contributed by atoms with van der Waals surface area (Å²) in [5.41, 5.74) is 3.12. The summed E-state index contributed by atoms with van der Waals surface area (Å²) in [6, 6.07) is 1.43. The second kappa shape index (κ2) is 4.39. The summed E-state index contributed by atoms with van der Waals surface area (Å²) in [5.74, 6) is 0.370. The van der Waals surface area contributed by atoms with Gasteiger partial charge in [0.2, 0.25) is 5.95 Å². The second-order valence-electron chi connectivity index (χ2n) is 2.57. The molecule has 0 saturated heterocycles. The number of nitrogens with zero attached hydrogens (tertiary/aromatic N) is 2. The van der Waals surface area contributed by atoms with Gasteiger partial charge in [-0.05, 0) is 13.3 Å². The van der Waals surface area contributed by atoms with E-state index < -0.39 is 0 Å². The first-order valence-corrected chi connectivity index (χ1v) is 4.08. The van der Waals surface area contributed by atoms with E-state index in [0.29, 0.717) is 11.6 Å². The summed E-state index contributed by atoms with van der Waals surface area (Å²) in [6.07, 6.45) is 2.53. The van der Waals surface area contributed by atoms with Crippen molar-refractivity contribution in [3.05, 3.63) is 22.1 Å². The molecule has 0 aliphatic carbocycles. The van der Waals surface area contributed by atoms with Gasteiger partial charge < -0.3 is 0 Å². The molecule has 0 atom stereocenters. The van der Waals surface area contributed by atoms with Gasteiger partial charge in [0.25, 0.3) is 5.56 Å². The van der Waals surface area contributed by atoms with Crippen LogP contribution in [-0.2, 0) is 0 Å². The monoisotopic (exact) mass is 180 g/mol. The number of aryl methyl sites for hydroxylation is 1. The molecule has 13 heavy (non-hydrogen) atoms. The molecule has 1 aromatic heterocycles. The fraction of sp³-hybridized carbons (Fsp3) is 0.375. The molecule has 0 saturated carbocycles. The maximum Gasteiger partial charge on any atom is 0.252 e. The Morgan fingerprint density at radius 1 is 1.77 bits per heavy atom. The topological polar surface area (TPSA) is 70.1 Å². The smallest absolute Gasteiger partial charge is 0.252 e. The van der Waals surface area contributed by atoms with Crippen LogP contribution in [0, 0.1) is 6.92 Å². The largest absolute Gasteiger partial charge is 0.291 e. The Labute approximate surface area is 75.9 Å². The molecule has 1 rings (SSSR count). The lowest BCUT2D eigenvalue weighted by Gasteiger charge is -1.98. The Morgan fingerprint density at radius 2 is 2.54 bits per heavy atom. The summed E-state index contributed by atoms with van der Waals surface area (Å²) in [5, 5.41) is 3.83. The number of aromatic nitrogens is 2. The van der Waals surface area contributed by atoms with Crippen LogP contribution in [0.2, 0.25) is 0 Å². The normalized spacial score (nSPS) is 10.6. The van der Waals surface area contributed by atoms with Gasteiger partial charge in [-0.2, -0.15) is 5.10 Å². The first-order valence-electron chi connectivity index (χ1n) is 4.08. The average Bonchev–Trinajstić information content (AvgIpc) is 2.03. The fourth-order valence-electron chi connectivity index (χ4n) is 0.830. The van der Waals surface area contributed by atoms with Crippen molar-refractivity contribution >= 4 is 12.2 Å². The Bertz CT molecular complexity index is 355. The van der Waals surface area contributed by atoms with E-state index in [1.807, 2.05) is 6.92 Å². The van der Waals surface area contributed by atoms with Gasteiger partial charge in [0, 0.05) is 18.0 Å². The number of nitrogens with one attached hydrogen (secondary N) is 2. The molecule has 0 aromatic carbocycles. The zero-order valence-corrected chi connectivity index (χ0v) is 7.66. The first kappa shape index (κ1) is 9.44. The van der Waals surface area contributed by atoms with E-state index in [-0.39, 0.29) is 5.56 Å². The van der Waals surface area contributed by atoms with Gasteiger partial charge in [0.15, 0.2) is 0 Å². The molecule has 5 nitrogen and oxygen atoms in total. The number of hydrazone groups is 1. The minimum atomic E-state index is -0.179. The van der Waals surface area contributed by atoms with E-state index in [1.54, 1.807) is 13.1 Å². The third-order valence-electron chi connectivity index (χ3n) is 1.31. The van der Waals surface area contributed by atoms with Gasteiger partial charge in [-0.1, -0.05) is 6.92 Å². The number of rotatable bonds is 3. The van der Waals surface area contributed by atoms with Crippen LogP contribution >= 0.6 is 0 Å². The van der Waals surface area contributed by atoms with Crippen LogP contribution in [0.3, 0.4) is 0 Å². The van der Waals surface area contributed by atoms with Crippen LogP contribution < -0.4 is 11.0 Å². The van der Waals surface area contributed by atoms with Crippen LogP contribution in [-0.4, -0.2) is 16.2 Å². The molecule has 0 radical (unpaired) electrons. The van der Waals surface area contributed by atoms with Crippen molar-refractivity contribution < 1.29 is 0 Å². The molecule has 2 N–H and O–H groups in total. The summed E-state index contributed by atoms with van der Waals surface area (Å²) in [7, 11) is 0. The van der Waals surface area contributed by atoms with Gasteiger partial charge in [-0.15, -0.1) is 0 Å². The third kappa shape index (κ3) is 3.06. The van der Waals surface area contributed by atoms with Crippen LogP contribution in [0.15, 0.2) is 16.0 Å². The van der Waals surface area contributed by atoms with Crippen molar-refractivity contribution in [2.45, 2.75) is 20.3 Å². The predicted octanol–water partition coefficient (Wildman–Crippen LogP) is 0.886. The van der Waals surface area contributed by atoms with E-state index in [1.165, 1.54) is 6.07 Å². The number of hydrogen-bond donors (Lipinski definition) is 2. The highest BCUT2D eigenvalue weighted by Gasteiger charge is 1.94. The van der Waals surface area contributed by atoms with Gasteiger partial charge in [-0.25, -0.2) is 10.4 Å². The quantitative estimate of drug-likeness (QED) is 0.536. The fourth-order valence-corrected chi connectivity index (χ4v) is 0.830. The predicted molar refractivity (Wildman–Crippen MR) is 52.0 cm³/mol. The molecular formula is C8H12N4O. The molecule has 1 heterocycles. The lowest BCUT2D eigenvalue weighted by Crippen LogP contribution is -2.10. The minimum absolute atomic E-state index is 0.179. The number of H-pyrrole nitrogens is 1. The van der Waals surface area contributed by atoms with Gasteiger partial charge >= 0.3 is 0 Å². The van der Waals surface area contributed by atoms with Crippen molar-refractivity contribution in [2.75, 3.05) is 5.43 Å². The zero-order chi connectivity index (χ0) is 9.68. The molecule has 0 amide bonds. The van der Waals surface area contributed by atoms with Crippen LogP contribution in [0.4, 0.5) is 5.95 Å². The van der Waals surface area contributed by atoms with E-state index in [4.69, 9.17) is 0 Å².